The minimum atomic E-state index is -0.390. The van der Waals surface area contributed by atoms with Gasteiger partial charge in [0.2, 0.25) is 0 Å². The van der Waals surface area contributed by atoms with Gasteiger partial charge in [0.25, 0.3) is 0 Å². The van der Waals surface area contributed by atoms with Crippen molar-refractivity contribution in [1.82, 2.24) is 20.2 Å². The summed E-state index contributed by atoms with van der Waals surface area (Å²) < 4.78 is 18.3. The highest BCUT2D eigenvalue weighted by Gasteiger charge is 2.10. The van der Waals surface area contributed by atoms with Gasteiger partial charge in [0, 0.05) is 12.5 Å². The summed E-state index contributed by atoms with van der Waals surface area (Å²) in [7, 11) is 1.49. The Labute approximate surface area is 97.2 Å². The Balaban J connectivity index is 2.40. The van der Waals surface area contributed by atoms with Crippen LogP contribution in [0.25, 0.3) is 5.69 Å². The summed E-state index contributed by atoms with van der Waals surface area (Å²) in [6.07, 6.45) is 0.525. The van der Waals surface area contributed by atoms with E-state index < -0.39 is 5.82 Å². The molecule has 0 spiro atoms. The molecular weight excluding hydrogens is 225 g/mol. The van der Waals surface area contributed by atoms with Gasteiger partial charge in [-0.1, -0.05) is 0 Å². The van der Waals surface area contributed by atoms with Crippen LogP contribution in [-0.4, -0.2) is 33.9 Å². The van der Waals surface area contributed by atoms with Crippen molar-refractivity contribution in [3.8, 4) is 11.4 Å². The molecule has 0 radical (unpaired) electrons. The molecule has 0 aliphatic heterocycles. The highest BCUT2D eigenvalue weighted by molar-refractivity contribution is 5.45. The van der Waals surface area contributed by atoms with E-state index in [1.165, 1.54) is 30.1 Å². The summed E-state index contributed by atoms with van der Waals surface area (Å²) >= 11 is 0. The minimum Gasteiger partial charge on any atom is -0.494 e. The van der Waals surface area contributed by atoms with Crippen LogP contribution in [0.15, 0.2) is 18.2 Å². The molecule has 0 atom stereocenters. The Kier molecular flexibility index (Phi) is 3.29. The van der Waals surface area contributed by atoms with Gasteiger partial charge in [-0.2, -0.15) is 0 Å². The third-order valence-electron chi connectivity index (χ3n) is 2.18. The zero-order chi connectivity index (χ0) is 12.3. The van der Waals surface area contributed by atoms with E-state index in [0.717, 1.165) is 0 Å². The first kappa shape index (κ1) is 11.5. The standard InChI is InChI=1S/C10H12FN5O/c1-17-9-3-2-7(11)6-8(9)16-14-10(4-5-12)13-15-16/h2-3,6H,4-5,12H2,1H3. The van der Waals surface area contributed by atoms with Gasteiger partial charge >= 0.3 is 0 Å². The van der Waals surface area contributed by atoms with E-state index >= 15 is 0 Å². The minimum absolute atomic E-state index is 0.390. The molecule has 90 valence electrons. The number of halogens is 1. The molecule has 2 aromatic rings. The molecule has 0 unspecified atom stereocenters. The van der Waals surface area contributed by atoms with Crippen molar-refractivity contribution < 1.29 is 9.13 Å². The number of nitrogens with zero attached hydrogens (tertiary/aromatic N) is 4. The van der Waals surface area contributed by atoms with Crippen LogP contribution in [0.1, 0.15) is 5.82 Å². The van der Waals surface area contributed by atoms with Gasteiger partial charge in [0.05, 0.1) is 7.11 Å². The first-order valence-corrected chi connectivity index (χ1v) is 5.07. The summed E-state index contributed by atoms with van der Waals surface area (Å²) in [5.74, 6) is 0.598. The van der Waals surface area contributed by atoms with Crippen LogP contribution in [0, 0.1) is 5.82 Å². The summed E-state index contributed by atoms with van der Waals surface area (Å²) in [4.78, 5) is 1.23. The molecule has 0 aliphatic rings. The van der Waals surface area contributed by atoms with Gasteiger partial charge in [-0.25, -0.2) is 4.39 Å². The summed E-state index contributed by atoms with van der Waals surface area (Å²) in [6.45, 7) is 0.436. The molecule has 1 heterocycles. The molecule has 1 aromatic carbocycles. The van der Waals surface area contributed by atoms with E-state index in [4.69, 9.17) is 10.5 Å². The highest BCUT2D eigenvalue weighted by Crippen LogP contribution is 2.21. The van der Waals surface area contributed by atoms with Gasteiger partial charge < -0.3 is 10.5 Å². The second kappa shape index (κ2) is 4.88. The summed E-state index contributed by atoms with van der Waals surface area (Å²) in [6, 6.07) is 4.10. The quantitative estimate of drug-likeness (QED) is 0.828. The number of methoxy groups -OCH3 is 1. The first-order chi connectivity index (χ1) is 8.24. The normalized spacial score (nSPS) is 10.5. The molecule has 7 heteroatoms. The molecule has 0 saturated carbocycles. The van der Waals surface area contributed by atoms with E-state index in [1.807, 2.05) is 0 Å². The zero-order valence-electron chi connectivity index (χ0n) is 9.30. The van der Waals surface area contributed by atoms with Crippen molar-refractivity contribution in [1.29, 1.82) is 0 Å². The van der Waals surface area contributed by atoms with Crippen molar-refractivity contribution in [3.63, 3.8) is 0 Å². The second-order valence-electron chi connectivity index (χ2n) is 3.35. The molecule has 2 rings (SSSR count). The maximum atomic E-state index is 13.2. The molecule has 0 amide bonds. The fourth-order valence-electron chi connectivity index (χ4n) is 1.39. The monoisotopic (exact) mass is 237 g/mol. The predicted molar refractivity (Wildman–Crippen MR) is 58.4 cm³/mol. The third-order valence-corrected chi connectivity index (χ3v) is 2.18. The molecule has 17 heavy (non-hydrogen) atoms. The topological polar surface area (TPSA) is 78.8 Å². The van der Waals surface area contributed by atoms with Gasteiger partial charge in [-0.15, -0.1) is 15.0 Å². The Morgan fingerprint density at radius 2 is 2.29 bits per heavy atom. The molecule has 1 aromatic heterocycles. The molecule has 0 bridgehead atoms. The molecule has 0 saturated heterocycles. The van der Waals surface area contributed by atoms with Gasteiger partial charge in [0.1, 0.15) is 17.3 Å². The smallest absolute Gasteiger partial charge is 0.176 e. The average molecular weight is 237 g/mol. The van der Waals surface area contributed by atoms with Crippen molar-refractivity contribution in [2.45, 2.75) is 6.42 Å². The van der Waals surface area contributed by atoms with E-state index in [0.29, 0.717) is 30.2 Å². The number of rotatable bonds is 4. The highest BCUT2D eigenvalue weighted by atomic mass is 19.1. The second-order valence-corrected chi connectivity index (χ2v) is 3.35. The van der Waals surface area contributed by atoms with Crippen molar-refractivity contribution in [2.75, 3.05) is 13.7 Å². The lowest BCUT2D eigenvalue weighted by molar-refractivity contribution is 0.408. The molecule has 6 nitrogen and oxygen atoms in total. The maximum absolute atomic E-state index is 13.2. The molecule has 0 fully saturated rings. The lowest BCUT2D eigenvalue weighted by Crippen LogP contribution is -2.06. The zero-order valence-corrected chi connectivity index (χ0v) is 9.30. The number of hydrogen-bond donors (Lipinski definition) is 1. The van der Waals surface area contributed by atoms with Crippen molar-refractivity contribution >= 4 is 0 Å². The third kappa shape index (κ3) is 2.39. The Hall–Kier alpha value is -2.02. The fourth-order valence-corrected chi connectivity index (χ4v) is 1.39. The SMILES string of the molecule is COc1ccc(F)cc1-n1nnc(CCN)n1. The fraction of sp³-hybridized carbons (Fsp3) is 0.300. The first-order valence-electron chi connectivity index (χ1n) is 5.07. The van der Waals surface area contributed by atoms with Crippen molar-refractivity contribution in [2.24, 2.45) is 5.73 Å². The molecule has 2 N–H and O–H groups in total. The van der Waals surface area contributed by atoms with Crippen LogP contribution in [0.5, 0.6) is 5.75 Å². The van der Waals surface area contributed by atoms with Crippen LogP contribution in [0.4, 0.5) is 4.39 Å². The van der Waals surface area contributed by atoms with Crippen LogP contribution >= 0.6 is 0 Å². The Morgan fingerprint density at radius 1 is 1.47 bits per heavy atom. The van der Waals surface area contributed by atoms with Gasteiger partial charge in [-0.05, 0) is 23.9 Å². The number of hydrogen-bond acceptors (Lipinski definition) is 5. The number of benzene rings is 1. The number of ether oxygens (including phenoxy) is 1. The number of nitrogens with two attached hydrogens (primary N) is 1. The summed E-state index contributed by atoms with van der Waals surface area (Å²) in [5.41, 5.74) is 5.79. The van der Waals surface area contributed by atoms with Gasteiger partial charge in [-0.3, -0.25) is 0 Å². The number of tetrazole rings is 1. The molecular formula is C10H12FN5O. The lowest BCUT2D eigenvalue weighted by Gasteiger charge is -2.05. The van der Waals surface area contributed by atoms with Crippen LogP contribution in [-0.2, 0) is 6.42 Å². The van der Waals surface area contributed by atoms with Gasteiger partial charge in [0.15, 0.2) is 5.82 Å². The van der Waals surface area contributed by atoms with E-state index in [9.17, 15) is 4.39 Å². The van der Waals surface area contributed by atoms with Crippen LogP contribution in [0.3, 0.4) is 0 Å². The molecule has 0 aliphatic carbocycles. The Morgan fingerprint density at radius 3 is 3.00 bits per heavy atom. The summed E-state index contributed by atoms with van der Waals surface area (Å²) in [5, 5.41) is 11.7. The van der Waals surface area contributed by atoms with Crippen molar-refractivity contribution in [3.05, 3.63) is 29.8 Å². The van der Waals surface area contributed by atoms with Crippen LogP contribution in [0.2, 0.25) is 0 Å². The maximum Gasteiger partial charge on any atom is 0.176 e. The van der Waals surface area contributed by atoms with Crippen LogP contribution < -0.4 is 10.5 Å². The van der Waals surface area contributed by atoms with E-state index in [1.54, 1.807) is 0 Å². The van der Waals surface area contributed by atoms with E-state index in [2.05, 4.69) is 15.4 Å². The lowest BCUT2D eigenvalue weighted by atomic mass is 10.3. The largest absolute Gasteiger partial charge is 0.494 e. The average Bonchev–Trinajstić information content (AvgIpc) is 2.78. The number of aromatic nitrogens is 4. The van der Waals surface area contributed by atoms with E-state index in [-0.39, 0.29) is 0 Å². The Bertz CT molecular complexity index is 513. The predicted octanol–water partition coefficient (Wildman–Crippen LogP) is 0.311.